The van der Waals surface area contributed by atoms with E-state index in [2.05, 4.69) is 20.0 Å². The quantitative estimate of drug-likeness (QED) is 0.750. The number of hydrogen-bond acceptors (Lipinski definition) is 5. The SMILES string of the molecule is O=C(O)c1ccccc1-n1cc(CN2CCCC[C@@H]2c2ccncn2)cn1. The van der Waals surface area contributed by atoms with E-state index in [-0.39, 0.29) is 11.6 Å². The highest BCUT2D eigenvalue weighted by atomic mass is 16.4. The van der Waals surface area contributed by atoms with Crippen molar-refractivity contribution in [2.45, 2.75) is 31.8 Å². The number of rotatable bonds is 5. The maximum atomic E-state index is 11.5. The van der Waals surface area contributed by atoms with Gasteiger partial charge in [-0.2, -0.15) is 5.10 Å². The van der Waals surface area contributed by atoms with E-state index in [9.17, 15) is 9.90 Å². The molecule has 1 fully saturated rings. The Morgan fingerprint density at radius 2 is 2.11 bits per heavy atom. The monoisotopic (exact) mass is 363 g/mol. The van der Waals surface area contributed by atoms with Crippen LogP contribution >= 0.6 is 0 Å². The van der Waals surface area contributed by atoms with Crippen LogP contribution in [0, 0.1) is 0 Å². The lowest BCUT2D eigenvalue weighted by Gasteiger charge is -2.34. The number of carboxylic acids is 1. The first-order valence-corrected chi connectivity index (χ1v) is 9.08. The number of likely N-dealkylation sites (tertiary alicyclic amines) is 1. The number of benzene rings is 1. The van der Waals surface area contributed by atoms with Crippen LogP contribution in [0.15, 0.2) is 55.2 Å². The molecule has 3 aromatic rings. The van der Waals surface area contributed by atoms with Crippen LogP contribution in [0.1, 0.15) is 46.9 Å². The molecule has 0 radical (unpaired) electrons. The second-order valence-corrected chi connectivity index (χ2v) is 6.73. The van der Waals surface area contributed by atoms with Crippen LogP contribution in [0.2, 0.25) is 0 Å². The van der Waals surface area contributed by atoms with Crippen LogP contribution in [-0.4, -0.2) is 42.3 Å². The minimum absolute atomic E-state index is 0.240. The molecule has 7 heteroatoms. The Morgan fingerprint density at radius 1 is 1.22 bits per heavy atom. The molecule has 1 aliphatic rings. The van der Waals surface area contributed by atoms with Crippen molar-refractivity contribution in [3.05, 3.63) is 72.1 Å². The van der Waals surface area contributed by atoms with Gasteiger partial charge in [0.1, 0.15) is 6.33 Å². The average molecular weight is 363 g/mol. The molecule has 0 unspecified atom stereocenters. The van der Waals surface area contributed by atoms with Gasteiger partial charge in [0.2, 0.25) is 0 Å². The van der Waals surface area contributed by atoms with Gasteiger partial charge in [-0.15, -0.1) is 0 Å². The number of carbonyl (C=O) groups is 1. The number of nitrogens with zero attached hydrogens (tertiary/aromatic N) is 5. The molecular formula is C20H21N5O2. The van der Waals surface area contributed by atoms with Crippen molar-refractivity contribution in [3.8, 4) is 5.69 Å². The molecule has 0 spiro atoms. The van der Waals surface area contributed by atoms with Gasteiger partial charge in [0, 0.05) is 24.5 Å². The van der Waals surface area contributed by atoms with Crippen molar-refractivity contribution in [3.63, 3.8) is 0 Å². The summed E-state index contributed by atoms with van der Waals surface area (Å²) in [6.07, 6.45) is 10.5. The minimum atomic E-state index is -0.956. The molecule has 4 rings (SSSR count). The third-order valence-electron chi connectivity index (χ3n) is 4.96. The number of piperidine rings is 1. The molecule has 138 valence electrons. The lowest BCUT2D eigenvalue weighted by Crippen LogP contribution is -2.33. The van der Waals surface area contributed by atoms with Crippen LogP contribution in [0.5, 0.6) is 0 Å². The number of carboxylic acid groups (broad SMARTS) is 1. The van der Waals surface area contributed by atoms with Crippen molar-refractivity contribution < 1.29 is 9.90 Å². The Morgan fingerprint density at radius 3 is 2.93 bits per heavy atom. The molecule has 0 aliphatic carbocycles. The highest BCUT2D eigenvalue weighted by molar-refractivity contribution is 5.91. The van der Waals surface area contributed by atoms with Crippen LogP contribution in [0.3, 0.4) is 0 Å². The molecule has 1 N–H and O–H groups in total. The fraction of sp³-hybridized carbons (Fsp3) is 0.300. The molecule has 1 aliphatic heterocycles. The summed E-state index contributed by atoms with van der Waals surface area (Å²) < 4.78 is 1.64. The Balaban J connectivity index is 1.56. The van der Waals surface area contributed by atoms with E-state index >= 15 is 0 Å². The van der Waals surface area contributed by atoms with Crippen molar-refractivity contribution in [1.29, 1.82) is 0 Å². The molecule has 2 aromatic heterocycles. The van der Waals surface area contributed by atoms with E-state index in [1.807, 2.05) is 24.5 Å². The van der Waals surface area contributed by atoms with Gasteiger partial charge in [0.15, 0.2) is 0 Å². The Kier molecular flexibility index (Phi) is 4.93. The van der Waals surface area contributed by atoms with Gasteiger partial charge in [0.25, 0.3) is 0 Å². The lowest BCUT2D eigenvalue weighted by molar-refractivity contribution is 0.0696. The summed E-state index contributed by atoms with van der Waals surface area (Å²) in [4.78, 5) is 22.3. The zero-order valence-electron chi connectivity index (χ0n) is 14.9. The number of hydrogen-bond donors (Lipinski definition) is 1. The molecule has 27 heavy (non-hydrogen) atoms. The molecule has 0 amide bonds. The maximum absolute atomic E-state index is 11.5. The summed E-state index contributed by atoms with van der Waals surface area (Å²) in [6, 6.07) is 9.15. The minimum Gasteiger partial charge on any atom is -0.478 e. The fourth-order valence-electron chi connectivity index (χ4n) is 3.68. The highest BCUT2D eigenvalue weighted by Gasteiger charge is 2.25. The smallest absolute Gasteiger partial charge is 0.337 e. The standard InChI is InChI=1S/C20H21N5O2/c26-20(27)16-5-1-2-6-18(16)25-13-15(11-23-25)12-24-10-4-3-7-19(24)17-8-9-21-14-22-17/h1-2,5-6,8-9,11,13-14,19H,3-4,7,10,12H2,(H,26,27)/t19-/m1/s1. The van der Waals surface area contributed by atoms with Gasteiger partial charge >= 0.3 is 5.97 Å². The lowest BCUT2D eigenvalue weighted by atomic mass is 9.98. The van der Waals surface area contributed by atoms with E-state index in [1.165, 1.54) is 6.42 Å². The third kappa shape index (κ3) is 3.73. The van der Waals surface area contributed by atoms with E-state index < -0.39 is 5.97 Å². The zero-order chi connectivity index (χ0) is 18.6. The zero-order valence-corrected chi connectivity index (χ0v) is 14.9. The van der Waals surface area contributed by atoms with Crippen LogP contribution < -0.4 is 0 Å². The van der Waals surface area contributed by atoms with Crippen molar-refractivity contribution in [1.82, 2.24) is 24.6 Å². The number of aromatic carboxylic acids is 1. The molecule has 0 saturated carbocycles. The van der Waals surface area contributed by atoms with Crippen LogP contribution in [0.4, 0.5) is 0 Å². The third-order valence-corrected chi connectivity index (χ3v) is 4.96. The molecule has 7 nitrogen and oxygen atoms in total. The normalized spacial score (nSPS) is 17.7. The topological polar surface area (TPSA) is 84.1 Å². The number of aromatic nitrogens is 4. The molecular weight excluding hydrogens is 342 g/mol. The summed E-state index contributed by atoms with van der Waals surface area (Å²) in [5.74, 6) is -0.956. The second-order valence-electron chi connectivity index (χ2n) is 6.73. The van der Waals surface area contributed by atoms with Crippen molar-refractivity contribution in [2.75, 3.05) is 6.54 Å². The van der Waals surface area contributed by atoms with Gasteiger partial charge in [0.05, 0.1) is 29.2 Å². The molecule has 1 saturated heterocycles. The first kappa shape index (κ1) is 17.4. The van der Waals surface area contributed by atoms with Crippen molar-refractivity contribution in [2.24, 2.45) is 0 Å². The predicted octanol–water partition coefficient (Wildman–Crippen LogP) is 3.09. The molecule has 3 heterocycles. The van der Waals surface area contributed by atoms with E-state index in [0.29, 0.717) is 5.69 Å². The highest BCUT2D eigenvalue weighted by Crippen LogP contribution is 2.30. The first-order chi connectivity index (χ1) is 13.2. The summed E-state index contributed by atoms with van der Waals surface area (Å²) >= 11 is 0. The second kappa shape index (κ2) is 7.67. The fourth-order valence-corrected chi connectivity index (χ4v) is 3.68. The Labute approximate surface area is 157 Å². The maximum Gasteiger partial charge on any atom is 0.337 e. The summed E-state index contributed by atoms with van der Waals surface area (Å²) in [6.45, 7) is 1.76. The first-order valence-electron chi connectivity index (χ1n) is 9.08. The predicted molar refractivity (Wildman–Crippen MR) is 99.6 cm³/mol. The van der Waals surface area contributed by atoms with E-state index in [1.54, 1.807) is 35.4 Å². The molecule has 0 bridgehead atoms. The van der Waals surface area contributed by atoms with Gasteiger partial charge in [-0.25, -0.2) is 19.4 Å². The number of para-hydroxylation sites is 1. The van der Waals surface area contributed by atoms with Crippen LogP contribution in [0.25, 0.3) is 5.69 Å². The Hall–Kier alpha value is -3.06. The Bertz CT molecular complexity index is 925. The molecule has 1 aromatic carbocycles. The summed E-state index contributed by atoms with van der Waals surface area (Å²) in [5.41, 5.74) is 2.91. The van der Waals surface area contributed by atoms with E-state index in [4.69, 9.17) is 0 Å². The largest absolute Gasteiger partial charge is 0.478 e. The van der Waals surface area contributed by atoms with Crippen molar-refractivity contribution >= 4 is 5.97 Å². The summed E-state index contributed by atoms with van der Waals surface area (Å²) in [5, 5.41) is 13.8. The van der Waals surface area contributed by atoms with E-state index in [0.717, 1.165) is 37.2 Å². The molecule has 1 atom stereocenters. The van der Waals surface area contributed by atoms with Crippen LogP contribution in [-0.2, 0) is 6.54 Å². The van der Waals surface area contributed by atoms with Gasteiger partial charge in [-0.1, -0.05) is 18.6 Å². The van der Waals surface area contributed by atoms with Gasteiger partial charge in [-0.3, -0.25) is 4.90 Å². The van der Waals surface area contributed by atoms with Gasteiger partial charge < -0.3 is 5.11 Å². The summed E-state index contributed by atoms with van der Waals surface area (Å²) in [7, 11) is 0. The van der Waals surface area contributed by atoms with Gasteiger partial charge in [-0.05, 0) is 37.6 Å². The average Bonchev–Trinajstić information content (AvgIpc) is 3.17.